The third-order valence-corrected chi connectivity index (χ3v) is 2.78. The van der Waals surface area contributed by atoms with Crippen molar-refractivity contribution < 1.29 is 4.79 Å². The molecule has 1 saturated carbocycles. The molecule has 3 heteroatoms. The molecule has 0 saturated heterocycles. The normalized spacial score (nSPS) is 31.0. The van der Waals surface area contributed by atoms with Gasteiger partial charge in [-0.2, -0.15) is 0 Å². The van der Waals surface area contributed by atoms with E-state index in [1.807, 2.05) is 0 Å². The van der Waals surface area contributed by atoms with Gasteiger partial charge >= 0.3 is 0 Å². The van der Waals surface area contributed by atoms with Crippen molar-refractivity contribution in [3.05, 3.63) is 0 Å². The van der Waals surface area contributed by atoms with E-state index in [9.17, 15) is 4.79 Å². The summed E-state index contributed by atoms with van der Waals surface area (Å²) < 4.78 is 0. The number of carbonyl (C=O) groups is 1. The Bertz CT molecular complexity index is 172. The number of carbonyl (C=O) groups excluding carboxylic acids is 1. The van der Waals surface area contributed by atoms with Gasteiger partial charge in [0.1, 0.15) is 0 Å². The van der Waals surface area contributed by atoms with Crippen molar-refractivity contribution in [1.29, 1.82) is 0 Å². The first-order valence-corrected chi connectivity index (χ1v) is 5.15. The molecule has 76 valence electrons. The van der Waals surface area contributed by atoms with Crippen molar-refractivity contribution in [2.24, 2.45) is 11.7 Å². The first kappa shape index (κ1) is 10.5. The maximum Gasteiger partial charge on any atom is 0.236 e. The van der Waals surface area contributed by atoms with Gasteiger partial charge in [-0.3, -0.25) is 4.79 Å². The zero-order valence-electron chi connectivity index (χ0n) is 8.55. The average Bonchev–Trinajstić information content (AvgIpc) is 2.08. The van der Waals surface area contributed by atoms with Gasteiger partial charge in [-0.05, 0) is 38.5 Å². The first-order valence-electron chi connectivity index (χ1n) is 5.15. The minimum atomic E-state index is -0.376. The monoisotopic (exact) mass is 184 g/mol. The van der Waals surface area contributed by atoms with Gasteiger partial charge in [-0.15, -0.1) is 0 Å². The molecule has 0 aromatic rings. The topological polar surface area (TPSA) is 55.1 Å². The van der Waals surface area contributed by atoms with Crippen LogP contribution in [0.1, 0.15) is 39.5 Å². The summed E-state index contributed by atoms with van der Waals surface area (Å²) in [5, 5.41) is 2.97. The molecular formula is C10H20N2O. The second-order valence-corrected chi connectivity index (χ2v) is 4.25. The summed E-state index contributed by atoms with van der Waals surface area (Å²) in [5.41, 5.74) is 5.47. The van der Waals surface area contributed by atoms with E-state index in [4.69, 9.17) is 5.73 Å². The molecule has 0 aromatic carbocycles. The van der Waals surface area contributed by atoms with Crippen molar-refractivity contribution in [2.75, 3.05) is 0 Å². The van der Waals surface area contributed by atoms with Crippen molar-refractivity contribution in [3.8, 4) is 0 Å². The fourth-order valence-corrected chi connectivity index (χ4v) is 1.74. The lowest BCUT2D eigenvalue weighted by Crippen LogP contribution is -2.45. The minimum Gasteiger partial charge on any atom is -0.352 e. The molecule has 13 heavy (non-hydrogen) atoms. The number of amides is 1. The minimum absolute atomic E-state index is 0.0143. The molecule has 0 aliphatic heterocycles. The summed E-state index contributed by atoms with van der Waals surface area (Å²) in [5.74, 6) is 0.808. The van der Waals surface area contributed by atoms with Gasteiger partial charge in [-0.25, -0.2) is 0 Å². The molecule has 0 radical (unpaired) electrons. The van der Waals surface area contributed by atoms with Gasteiger partial charge in [0.15, 0.2) is 0 Å². The summed E-state index contributed by atoms with van der Waals surface area (Å²) >= 11 is 0. The van der Waals surface area contributed by atoms with Gasteiger partial charge < -0.3 is 11.1 Å². The molecule has 1 amide bonds. The van der Waals surface area contributed by atoms with Crippen LogP contribution in [-0.2, 0) is 4.79 Å². The molecule has 1 rings (SSSR count). The van der Waals surface area contributed by atoms with Gasteiger partial charge in [0.25, 0.3) is 0 Å². The molecular weight excluding hydrogens is 164 g/mol. The Balaban J connectivity index is 2.26. The summed E-state index contributed by atoms with van der Waals surface area (Å²) in [4.78, 5) is 11.3. The van der Waals surface area contributed by atoms with Gasteiger partial charge in [0, 0.05) is 6.04 Å². The van der Waals surface area contributed by atoms with E-state index in [-0.39, 0.29) is 11.9 Å². The first-order chi connectivity index (χ1) is 6.09. The third-order valence-electron chi connectivity index (χ3n) is 2.78. The Morgan fingerprint density at radius 2 is 1.92 bits per heavy atom. The summed E-state index contributed by atoms with van der Waals surface area (Å²) in [6.07, 6.45) is 4.67. The van der Waals surface area contributed by atoms with E-state index in [0.29, 0.717) is 6.04 Å². The molecule has 3 nitrogen and oxygen atoms in total. The van der Waals surface area contributed by atoms with Gasteiger partial charge in [-0.1, -0.05) is 6.92 Å². The highest BCUT2D eigenvalue weighted by atomic mass is 16.2. The van der Waals surface area contributed by atoms with Gasteiger partial charge in [0.05, 0.1) is 6.04 Å². The fraction of sp³-hybridized carbons (Fsp3) is 0.900. The Kier molecular flexibility index (Phi) is 3.72. The lowest BCUT2D eigenvalue weighted by molar-refractivity contribution is -0.122. The lowest BCUT2D eigenvalue weighted by atomic mass is 9.87. The van der Waals surface area contributed by atoms with Crippen molar-refractivity contribution >= 4 is 5.91 Å². The Labute approximate surface area is 80.1 Å². The van der Waals surface area contributed by atoms with Crippen LogP contribution in [0.3, 0.4) is 0 Å². The highest BCUT2D eigenvalue weighted by molar-refractivity contribution is 5.81. The summed E-state index contributed by atoms with van der Waals surface area (Å²) in [7, 11) is 0. The zero-order valence-corrected chi connectivity index (χ0v) is 8.55. The maximum atomic E-state index is 11.3. The quantitative estimate of drug-likeness (QED) is 0.673. The number of rotatable bonds is 2. The van der Waals surface area contributed by atoms with Crippen molar-refractivity contribution in [1.82, 2.24) is 5.32 Å². The Hall–Kier alpha value is -0.570. The van der Waals surface area contributed by atoms with Crippen LogP contribution < -0.4 is 11.1 Å². The smallest absolute Gasteiger partial charge is 0.236 e. The molecule has 1 fully saturated rings. The zero-order chi connectivity index (χ0) is 9.84. The average molecular weight is 184 g/mol. The van der Waals surface area contributed by atoms with E-state index in [1.165, 1.54) is 12.8 Å². The number of nitrogens with two attached hydrogens (primary N) is 1. The predicted molar refractivity (Wildman–Crippen MR) is 53.2 cm³/mol. The highest BCUT2D eigenvalue weighted by Gasteiger charge is 2.20. The van der Waals surface area contributed by atoms with E-state index in [1.54, 1.807) is 6.92 Å². The Morgan fingerprint density at radius 3 is 2.38 bits per heavy atom. The predicted octanol–water partition coefficient (Wildman–Crippen LogP) is 1.03. The van der Waals surface area contributed by atoms with Crippen LogP contribution in [0, 0.1) is 5.92 Å². The van der Waals surface area contributed by atoms with Crippen LogP contribution in [0.25, 0.3) is 0 Å². The molecule has 0 spiro atoms. The fourth-order valence-electron chi connectivity index (χ4n) is 1.74. The van der Waals surface area contributed by atoms with Crippen LogP contribution in [0.5, 0.6) is 0 Å². The number of nitrogens with one attached hydrogen (secondary N) is 1. The van der Waals surface area contributed by atoms with Crippen LogP contribution in [0.2, 0.25) is 0 Å². The second-order valence-electron chi connectivity index (χ2n) is 4.25. The molecule has 0 aromatic heterocycles. The van der Waals surface area contributed by atoms with Crippen LogP contribution in [0.4, 0.5) is 0 Å². The van der Waals surface area contributed by atoms with Crippen molar-refractivity contribution in [2.45, 2.75) is 51.6 Å². The third kappa shape index (κ3) is 3.35. The molecule has 0 heterocycles. The SMILES string of the molecule is C[C@@H](N)C(=O)N[C@H]1CC[C@H](C)CC1. The van der Waals surface area contributed by atoms with Crippen LogP contribution in [-0.4, -0.2) is 18.0 Å². The van der Waals surface area contributed by atoms with Crippen LogP contribution in [0.15, 0.2) is 0 Å². The van der Waals surface area contributed by atoms with Crippen molar-refractivity contribution in [3.63, 3.8) is 0 Å². The molecule has 0 unspecified atom stereocenters. The van der Waals surface area contributed by atoms with Crippen LogP contribution >= 0.6 is 0 Å². The van der Waals surface area contributed by atoms with E-state index in [2.05, 4.69) is 12.2 Å². The lowest BCUT2D eigenvalue weighted by Gasteiger charge is -2.27. The standard InChI is InChI=1S/C10H20N2O/c1-7-3-5-9(6-4-7)12-10(13)8(2)11/h7-9H,3-6,11H2,1-2H3,(H,12,13)/t7-,8-,9-/m1/s1. The Morgan fingerprint density at radius 1 is 1.38 bits per heavy atom. The van der Waals surface area contributed by atoms with E-state index < -0.39 is 0 Å². The second kappa shape index (κ2) is 4.61. The molecule has 1 aliphatic rings. The number of hydrogen-bond acceptors (Lipinski definition) is 2. The summed E-state index contributed by atoms with van der Waals surface area (Å²) in [6.45, 7) is 3.99. The molecule has 1 aliphatic carbocycles. The van der Waals surface area contributed by atoms with Gasteiger partial charge in [0.2, 0.25) is 5.91 Å². The number of hydrogen-bond donors (Lipinski definition) is 2. The molecule has 3 N–H and O–H groups in total. The van der Waals surface area contributed by atoms with E-state index in [0.717, 1.165) is 18.8 Å². The molecule has 0 bridgehead atoms. The maximum absolute atomic E-state index is 11.3. The summed E-state index contributed by atoms with van der Waals surface area (Å²) in [6, 6.07) is -0.00551. The molecule has 1 atom stereocenters. The van der Waals surface area contributed by atoms with E-state index >= 15 is 0 Å². The highest BCUT2D eigenvalue weighted by Crippen LogP contribution is 2.23. The largest absolute Gasteiger partial charge is 0.352 e.